The van der Waals surface area contributed by atoms with E-state index in [0.717, 1.165) is 28.6 Å². The zero-order valence-corrected chi connectivity index (χ0v) is 25.3. The number of anilines is 2. The average molecular weight is 593 g/mol. The number of nitrogen functional groups attached to an aromatic ring is 1. The molecule has 1 heterocycles. The molecule has 1 aliphatic rings. The molecule has 37 heavy (non-hydrogen) atoms. The van der Waals surface area contributed by atoms with Gasteiger partial charge in [0.1, 0.15) is 6.61 Å². The number of nitrogens with zero attached hydrogens (tertiary/aromatic N) is 1. The number of hydrogen-bond acceptors (Lipinski definition) is 6. The summed E-state index contributed by atoms with van der Waals surface area (Å²) in [5.41, 5.74) is 8.44. The van der Waals surface area contributed by atoms with Crippen LogP contribution in [0.3, 0.4) is 0 Å². The van der Waals surface area contributed by atoms with E-state index in [-0.39, 0.29) is 29.9 Å². The fourth-order valence-electron chi connectivity index (χ4n) is 4.30. The smallest absolute Gasteiger partial charge is 0.410 e. The normalized spacial score (nSPS) is 19.4. The Morgan fingerprint density at radius 2 is 1.92 bits per heavy atom. The Kier molecular flexibility index (Phi) is 10.1. The first-order chi connectivity index (χ1) is 17.4. The Hall–Kier alpha value is -2.07. The molecule has 1 fully saturated rings. The molecule has 0 radical (unpaired) electrons. The summed E-state index contributed by atoms with van der Waals surface area (Å²) in [4.78, 5) is 15.0. The quantitative estimate of drug-likeness (QED) is 0.231. The molecule has 4 N–H and O–H groups in total. The third-order valence-corrected chi connectivity index (χ3v) is 12.7. The minimum Gasteiger partial charge on any atom is -0.445 e. The molecule has 2 aromatic carbocycles. The largest absolute Gasteiger partial charge is 0.445 e. The lowest BCUT2D eigenvalue weighted by molar-refractivity contribution is -0.00913. The molecule has 7 nitrogen and oxygen atoms in total. The van der Waals surface area contributed by atoms with Crippen molar-refractivity contribution >= 4 is 41.7 Å². The van der Waals surface area contributed by atoms with Crippen molar-refractivity contribution in [2.45, 2.75) is 83.0 Å². The van der Waals surface area contributed by atoms with Crippen LogP contribution in [0.1, 0.15) is 45.6 Å². The molecule has 204 valence electrons. The molecule has 0 aromatic heterocycles. The standard InChI is InChI=1S/C28H42BrN3O4Si/c1-28(2,3)37(4,5)36-25-15-10-16-32(27(34)35-19-20-11-7-6-8-12-20)24(25)17-21(33)18-31-23-14-9-13-22(29)26(23)30/h6-9,11-14,21,24-25,31,33H,10,15-19,30H2,1-5H3/t21?,24-,25+/m1/s1. The molecule has 1 amide bonds. The maximum absolute atomic E-state index is 13.3. The predicted molar refractivity (Wildman–Crippen MR) is 156 cm³/mol. The molecule has 2 aromatic rings. The highest BCUT2D eigenvalue weighted by Crippen LogP contribution is 2.40. The molecule has 1 aliphatic heterocycles. The Balaban J connectivity index is 1.75. The van der Waals surface area contributed by atoms with Crippen molar-refractivity contribution in [2.24, 2.45) is 0 Å². The number of aliphatic hydroxyl groups excluding tert-OH is 1. The fourth-order valence-corrected chi connectivity index (χ4v) is 6.05. The fraction of sp³-hybridized carbons (Fsp3) is 0.536. The van der Waals surface area contributed by atoms with Crippen LogP contribution in [0.2, 0.25) is 18.1 Å². The molecule has 0 bridgehead atoms. The van der Waals surface area contributed by atoms with Gasteiger partial charge in [0.15, 0.2) is 8.32 Å². The Bertz CT molecular complexity index is 1030. The van der Waals surface area contributed by atoms with E-state index in [2.05, 4.69) is 55.1 Å². The lowest BCUT2D eigenvalue weighted by Gasteiger charge is -2.46. The van der Waals surface area contributed by atoms with Gasteiger partial charge in [-0.2, -0.15) is 0 Å². The van der Waals surface area contributed by atoms with E-state index in [0.29, 0.717) is 25.2 Å². The molecule has 1 saturated heterocycles. The summed E-state index contributed by atoms with van der Waals surface area (Å²) in [5, 5.41) is 14.4. The van der Waals surface area contributed by atoms with E-state index in [1.807, 2.05) is 48.5 Å². The van der Waals surface area contributed by atoms with E-state index >= 15 is 0 Å². The van der Waals surface area contributed by atoms with Gasteiger partial charge < -0.3 is 30.2 Å². The van der Waals surface area contributed by atoms with Gasteiger partial charge in [0, 0.05) is 17.6 Å². The number of carbonyl (C=O) groups is 1. The number of amides is 1. The first-order valence-electron chi connectivity index (χ1n) is 13.0. The number of nitrogens with one attached hydrogen (secondary N) is 1. The van der Waals surface area contributed by atoms with Crippen molar-refractivity contribution in [3.8, 4) is 0 Å². The zero-order chi connectivity index (χ0) is 27.2. The lowest BCUT2D eigenvalue weighted by atomic mass is 9.94. The number of piperidine rings is 1. The van der Waals surface area contributed by atoms with Crippen LogP contribution in [0, 0.1) is 0 Å². The molecule has 0 aliphatic carbocycles. The SMILES string of the molecule is CC(C)(C)[Si](C)(C)O[C@H]1CCCN(C(=O)OCc2ccccc2)[C@@H]1CC(O)CNc1cccc(Br)c1N. The van der Waals surface area contributed by atoms with Crippen molar-refractivity contribution in [1.82, 2.24) is 4.90 Å². The van der Waals surface area contributed by atoms with Gasteiger partial charge in [-0.1, -0.05) is 57.2 Å². The predicted octanol–water partition coefficient (Wildman–Crippen LogP) is 6.39. The number of hydrogen-bond donors (Lipinski definition) is 3. The van der Waals surface area contributed by atoms with Crippen LogP contribution in [-0.2, 0) is 15.8 Å². The van der Waals surface area contributed by atoms with Gasteiger partial charge in [-0.15, -0.1) is 0 Å². The molecule has 3 rings (SSSR count). The van der Waals surface area contributed by atoms with E-state index in [9.17, 15) is 9.90 Å². The number of para-hydroxylation sites is 1. The number of rotatable bonds is 9. The van der Waals surface area contributed by atoms with Gasteiger partial charge >= 0.3 is 6.09 Å². The van der Waals surface area contributed by atoms with Crippen LogP contribution in [0.15, 0.2) is 53.0 Å². The Labute approximate surface area is 231 Å². The summed E-state index contributed by atoms with van der Waals surface area (Å²) in [6.07, 6.45) is 0.813. The van der Waals surface area contributed by atoms with E-state index in [1.54, 1.807) is 4.90 Å². The van der Waals surface area contributed by atoms with Crippen molar-refractivity contribution in [1.29, 1.82) is 0 Å². The van der Waals surface area contributed by atoms with Gasteiger partial charge in [-0.25, -0.2) is 4.79 Å². The van der Waals surface area contributed by atoms with E-state index in [4.69, 9.17) is 14.9 Å². The van der Waals surface area contributed by atoms with Crippen molar-refractivity contribution in [3.05, 3.63) is 58.6 Å². The first kappa shape index (κ1) is 29.5. The Morgan fingerprint density at radius 3 is 2.59 bits per heavy atom. The number of ether oxygens (including phenoxy) is 1. The van der Waals surface area contributed by atoms with Crippen LogP contribution in [0.4, 0.5) is 16.2 Å². The summed E-state index contributed by atoms with van der Waals surface area (Å²) in [6, 6.07) is 15.0. The number of halogens is 1. The molecular formula is C28H42BrN3O4Si. The minimum atomic E-state index is -2.10. The average Bonchev–Trinajstić information content (AvgIpc) is 2.84. The van der Waals surface area contributed by atoms with E-state index in [1.165, 1.54) is 0 Å². The summed E-state index contributed by atoms with van der Waals surface area (Å²) < 4.78 is 13.3. The zero-order valence-electron chi connectivity index (χ0n) is 22.7. The highest BCUT2D eigenvalue weighted by Gasteiger charge is 2.44. The second kappa shape index (κ2) is 12.6. The number of aliphatic hydroxyl groups is 1. The van der Waals surface area contributed by atoms with Crippen LogP contribution in [0.25, 0.3) is 0 Å². The van der Waals surface area contributed by atoms with Gasteiger partial charge in [-0.3, -0.25) is 0 Å². The third kappa shape index (κ3) is 7.96. The van der Waals surface area contributed by atoms with Gasteiger partial charge in [0.05, 0.1) is 29.6 Å². The molecule has 1 unspecified atom stereocenters. The lowest BCUT2D eigenvalue weighted by Crippen LogP contribution is -2.57. The summed E-state index contributed by atoms with van der Waals surface area (Å²) in [5.74, 6) is 0. The number of benzene rings is 2. The number of carbonyl (C=O) groups excluding carboxylic acids is 1. The van der Waals surface area contributed by atoms with Crippen LogP contribution >= 0.6 is 15.9 Å². The van der Waals surface area contributed by atoms with Crippen LogP contribution in [0.5, 0.6) is 0 Å². The summed E-state index contributed by atoms with van der Waals surface area (Å²) in [7, 11) is -2.10. The van der Waals surface area contributed by atoms with Crippen molar-refractivity contribution in [3.63, 3.8) is 0 Å². The second-order valence-corrected chi connectivity index (χ2v) is 16.9. The van der Waals surface area contributed by atoms with Crippen LogP contribution < -0.4 is 11.1 Å². The minimum absolute atomic E-state index is 0.0338. The second-order valence-electron chi connectivity index (χ2n) is 11.3. The van der Waals surface area contributed by atoms with Gasteiger partial charge in [-0.05, 0) is 71.0 Å². The molecule has 0 saturated carbocycles. The van der Waals surface area contributed by atoms with Crippen molar-refractivity contribution < 1.29 is 19.1 Å². The third-order valence-electron chi connectivity index (χ3n) is 7.50. The highest BCUT2D eigenvalue weighted by atomic mass is 79.9. The summed E-state index contributed by atoms with van der Waals surface area (Å²) in [6.45, 7) is 12.2. The van der Waals surface area contributed by atoms with E-state index < -0.39 is 14.4 Å². The van der Waals surface area contributed by atoms with Gasteiger partial charge in [0.2, 0.25) is 0 Å². The number of likely N-dealkylation sites (tertiary alicyclic amines) is 1. The highest BCUT2D eigenvalue weighted by molar-refractivity contribution is 9.10. The topological polar surface area (TPSA) is 97.0 Å². The first-order valence-corrected chi connectivity index (χ1v) is 16.7. The van der Waals surface area contributed by atoms with Crippen LogP contribution in [-0.4, -0.2) is 55.8 Å². The summed E-state index contributed by atoms with van der Waals surface area (Å²) >= 11 is 3.44. The molecule has 0 spiro atoms. The monoisotopic (exact) mass is 591 g/mol. The Morgan fingerprint density at radius 1 is 1.22 bits per heavy atom. The van der Waals surface area contributed by atoms with Gasteiger partial charge in [0.25, 0.3) is 0 Å². The van der Waals surface area contributed by atoms with Crippen molar-refractivity contribution in [2.75, 3.05) is 24.1 Å². The molecule has 3 atom stereocenters. The maximum atomic E-state index is 13.3. The maximum Gasteiger partial charge on any atom is 0.410 e. The molecular weight excluding hydrogens is 550 g/mol. The molecule has 9 heteroatoms. The number of nitrogens with two attached hydrogens (primary N) is 1.